The molecule has 0 bridgehead atoms. The lowest BCUT2D eigenvalue weighted by Crippen LogP contribution is -2.15. The zero-order valence-corrected chi connectivity index (χ0v) is 15.4. The minimum Gasteiger partial charge on any atom is -0.497 e. The molecular formula is C20H18N2O6. The number of rotatable bonds is 5. The van der Waals surface area contributed by atoms with Gasteiger partial charge in [0.2, 0.25) is 0 Å². The first-order chi connectivity index (χ1) is 13.7. The van der Waals surface area contributed by atoms with Crippen molar-refractivity contribution in [3.63, 3.8) is 0 Å². The predicted octanol–water partition coefficient (Wildman–Crippen LogP) is 3.38. The Morgan fingerprint density at radius 1 is 1.00 bits per heavy atom. The van der Waals surface area contributed by atoms with Crippen molar-refractivity contribution >= 4 is 11.6 Å². The molecule has 0 aliphatic carbocycles. The van der Waals surface area contributed by atoms with Gasteiger partial charge in [-0.15, -0.1) is 0 Å². The fourth-order valence-corrected chi connectivity index (χ4v) is 2.81. The Balaban J connectivity index is 1.55. The highest BCUT2D eigenvalue weighted by atomic mass is 16.6. The summed E-state index contributed by atoms with van der Waals surface area (Å²) in [6, 6.07) is 12.1. The lowest BCUT2D eigenvalue weighted by molar-refractivity contribution is 0.101. The van der Waals surface area contributed by atoms with Crippen LogP contribution in [0.25, 0.3) is 11.3 Å². The summed E-state index contributed by atoms with van der Waals surface area (Å²) < 4.78 is 26.9. The van der Waals surface area contributed by atoms with Crippen LogP contribution in [0.4, 0.5) is 5.69 Å². The van der Waals surface area contributed by atoms with E-state index in [9.17, 15) is 4.79 Å². The molecular weight excluding hydrogens is 364 g/mol. The van der Waals surface area contributed by atoms with Crippen LogP contribution in [0.15, 0.2) is 47.0 Å². The number of carbonyl (C=O) groups excluding carboxylic acids is 1. The molecule has 0 fully saturated rings. The van der Waals surface area contributed by atoms with Crippen molar-refractivity contribution in [3.05, 3.63) is 48.2 Å². The van der Waals surface area contributed by atoms with Crippen molar-refractivity contribution in [2.24, 2.45) is 0 Å². The van der Waals surface area contributed by atoms with Crippen molar-refractivity contribution in [3.8, 4) is 34.3 Å². The molecule has 0 radical (unpaired) electrons. The van der Waals surface area contributed by atoms with Gasteiger partial charge in [0.25, 0.3) is 5.91 Å². The number of aromatic nitrogens is 1. The molecule has 1 aliphatic rings. The summed E-state index contributed by atoms with van der Waals surface area (Å²) >= 11 is 0. The largest absolute Gasteiger partial charge is 0.497 e. The van der Waals surface area contributed by atoms with Crippen molar-refractivity contribution in [1.82, 2.24) is 5.16 Å². The zero-order chi connectivity index (χ0) is 19.5. The molecule has 2 heterocycles. The van der Waals surface area contributed by atoms with Crippen LogP contribution in [-0.2, 0) is 0 Å². The standard InChI is InChI=1S/C20H18N2O6/c1-24-13-4-6-16(25-2)14(10-13)21-20(23)15-11-18(28-22-15)12-3-5-17-19(9-12)27-8-7-26-17/h3-6,9-11H,7-8H2,1-2H3,(H,21,23). The van der Waals surface area contributed by atoms with Crippen molar-refractivity contribution in [2.75, 3.05) is 32.8 Å². The van der Waals surface area contributed by atoms with E-state index in [1.54, 1.807) is 43.5 Å². The van der Waals surface area contributed by atoms with Gasteiger partial charge in [0.15, 0.2) is 23.0 Å². The van der Waals surface area contributed by atoms with Gasteiger partial charge in [-0.05, 0) is 30.3 Å². The quantitative estimate of drug-likeness (QED) is 0.723. The van der Waals surface area contributed by atoms with E-state index in [4.69, 9.17) is 23.5 Å². The van der Waals surface area contributed by atoms with Crippen LogP contribution in [0.5, 0.6) is 23.0 Å². The topological polar surface area (TPSA) is 92.1 Å². The SMILES string of the molecule is COc1ccc(OC)c(NC(=O)c2cc(-c3ccc4c(c3)OCCO4)on2)c1. The number of hydrogen-bond acceptors (Lipinski definition) is 7. The van der Waals surface area contributed by atoms with Crippen LogP contribution < -0.4 is 24.3 Å². The van der Waals surface area contributed by atoms with Crippen LogP contribution in [0.1, 0.15) is 10.5 Å². The van der Waals surface area contributed by atoms with Gasteiger partial charge < -0.3 is 28.8 Å². The first kappa shape index (κ1) is 17.7. The minimum absolute atomic E-state index is 0.134. The Labute approximate surface area is 160 Å². The number of hydrogen-bond donors (Lipinski definition) is 1. The summed E-state index contributed by atoms with van der Waals surface area (Å²) in [4.78, 5) is 12.6. The Bertz CT molecular complexity index is 1010. The normalized spacial score (nSPS) is 12.4. The van der Waals surface area contributed by atoms with Crippen molar-refractivity contribution in [1.29, 1.82) is 0 Å². The molecule has 0 atom stereocenters. The van der Waals surface area contributed by atoms with E-state index in [1.807, 2.05) is 6.07 Å². The maximum atomic E-state index is 12.6. The third kappa shape index (κ3) is 3.44. The Morgan fingerprint density at radius 2 is 1.82 bits per heavy atom. The van der Waals surface area contributed by atoms with Crippen LogP contribution in [-0.4, -0.2) is 38.5 Å². The summed E-state index contributed by atoms with van der Waals surface area (Å²) in [5, 5.41) is 6.62. The van der Waals surface area contributed by atoms with Crippen LogP contribution >= 0.6 is 0 Å². The fourth-order valence-electron chi connectivity index (χ4n) is 2.81. The molecule has 8 heteroatoms. The molecule has 0 spiro atoms. The average Bonchev–Trinajstić information content (AvgIpc) is 3.24. The molecule has 1 N–H and O–H groups in total. The van der Waals surface area contributed by atoms with Crippen LogP contribution in [0.3, 0.4) is 0 Å². The highest BCUT2D eigenvalue weighted by Crippen LogP contribution is 2.35. The molecule has 144 valence electrons. The van der Waals surface area contributed by atoms with Gasteiger partial charge in [0.05, 0.1) is 19.9 Å². The molecule has 1 aliphatic heterocycles. The molecule has 3 aromatic rings. The minimum atomic E-state index is -0.431. The summed E-state index contributed by atoms with van der Waals surface area (Å²) in [7, 11) is 3.07. The van der Waals surface area contributed by atoms with E-state index in [0.29, 0.717) is 47.7 Å². The highest BCUT2D eigenvalue weighted by molar-refractivity contribution is 6.04. The van der Waals surface area contributed by atoms with Gasteiger partial charge in [0.1, 0.15) is 24.7 Å². The number of anilines is 1. The molecule has 1 aromatic heterocycles. The van der Waals surface area contributed by atoms with E-state index in [2.05, 4.69) is 10.5 Å². The number of carbonyl (C=O) groups is 1. The third-order valence-electron chi connectivity index (χ3n) is 4.22. The second-order valence-corrected chi connectivity index (χ2v) is 5.96. The molecule has 4 rings (SSSR count). The maximum absolute atomic E-state index is 12.6. The molecule has 0 unspecified atom stereocenters. The van der Waals surface area contributed by atoms with Gasteiger partial charge in [-0.25, -0.2) is 0 Å². The van der Waals surface area contributed by atoms with Gasteiger partial charge in [-0.2, -0.15) is 0 Å². The van der Waals surface area contributed by atoms with Gasteiger partial charge >= 0.3 is 0 Å². The van der Waals surface area contributed by atoms with Gasteiger partial charge in [-0.3, -0.25) is 4.79 Å². The number of methoxy groups -OCH3 is 2. The zero-order valence-electron chi connectivity index (χ0n) is 15.4. The smallest absolute Gasteiger partial charge is 0.277 e. The lowest BCUT2D eigenvalue weighted by atomic mass is 10.1. The maximum Gasteiger partial charge on any atom is 0.277 e. The molecule has 2 aromatic carbocycles. The summed E-state index contributed by atoms with van der Waals surface area (Å²) in [5.41, 5.74) is 1.33. The highest BCUT2D eigenvalue weighted by Gasteiger charge is 2.18. The lowest BCUT2D eigenvalue weighted by Gasteiger charge is -2.18. The second kappa shape index (κ2) is 7.51. The van der Waals surface area contributed by atoms with E-state index in [1.165, 1.54) is 7.11 Å². The van der Waals surface area contributed by atoms with E-state index in [-0.39, 0.29) is 5.69 Å². The molecule has 0 saturated carbocycles. The number of amides is 1. The van der Waals surface area contributed by atoms with Crippen molar-refractivity contribution < 1.29 is 28.3 Å². The number of fused-ring (bicyclic) bond motifs is 1. The van der Waals surface area contributed by atoms with Gasteiger partial charge in [0, 0.05) is 17.7 Å². The van der Waals surface area contributed by atoms with Crippen LogP contribution in [0.2, 0.25) is 0 Å². The summed E-state index contributed by atoms with van der Waals surface area (Å²) in [6.45, 7) is 1.01. The summed E-state index contributed by atoms with van der Waals surface area (Å²) in [6.07, 6.45) is 0. The van der Waals surface area contributed by atoms with E-state index >= 15 is 0 Å². The Morgan fingerprint density at radius 3 is 2.61 bits per heavy atom. The number of benzene rings is 2. The van der Waals surface area contributed by atoms with E-state index < -0.39 is 5.91 Å². The predicted molar refractivity (Wildman–Crippen MR) is 100 cm³/mol. The van der Waals surface area contributed by atoms with Gasteiger partial charge in [-0.1, -0.05) is 5.16 Å². The summed E-state index contributed by atoms with van der Waals surface area (Å²) in [5.74, 6) is 2.42. The number of nitrogens with one attached hydrogen (secondary N) is 1. The fraction of sp³-hybridized carbons (Fsp3) is 0.200. The molecule has 8 nitrogen and oxygen atoms in total. The number of nitrogens with zero attached hydrogens (tertiary/aromatic N) is 1. The molecule has 0 saturated heterocycles. The molecule has 28 heavy (non-hydrogen) atoms. The molecule has 1 amide bonds. The van der Waals surface area contributed by atoms with Crippen molar-refractivity contribution in [2.45, 2.75) is 0 Å². The first-order valence-electron chi connectivity index (χ1n) is 8.58. The first-order valence-corrected chi connectivity index (χ1v) is 8.58. The third-order valence-corrected chi connectivity index (χ3v) is 4.22. The van der Waals surface area contributed by atoms with Crippen LogP contribution in [0, 0.1) is 0 Å². The average molecular weight is 382 g/mol. The van der Waals surface area contributed by atoms with E-state index in [0.717, 1.165) is 5.56 Å². The Kier molecular flexibility index (Phi) is 4.76. The second-order valence-electron chi connectivity index (χ2n) is 5.96. The Hall–Kier alpha value is -3.68. The number of ether oxygens (including phenoxy) is 4. The monoisotopic (exact) mass is 382 g/mol.